The molecule has 19 heavy (non-hydrogen) atoms. The van der Waals surface area contributed by atoms with E-state index in [-0.39, 0.29) is 23.3 Å². The molecular weight excluding hydrogens is 243 g/mol. The van der Waals surface area contributed by atoms with Crippen LogP contribution < -0.4 is 10.6 Å². The van der Waals surface area contributed by atoms with E-state index < -0.39 is 0 Å². The van der Waals surface area contributed by atoms with Gasteiger partial charge in [0.05, 0.1) is 0 Å². The number of rotatable bonds is 5. The van der Waals surface area contributed by atoms with Gasteiger partial charge in [-0.1, -0.05) is 19.1 Å². The van der Waals surface area contributed by atoms with Crippen LogP contribution in [0.2, 0.25) is 0 Å². The molecule has 104 valence electrons. The summed E-state index contributed by atoms with van der Waals surface area (Å²) in [5.74, 6) is -0.220. The van der Waals surface area contributed by atoms with E-state index >= 15 is 0 Å². The molecule has 1 unspecified atom stereocenters. The molecule has 3 nitrogen and oxygen atoms in total. The van der Waals surface area contributed by atoms with Crippen molar-refractivity contribution in [3.8, 4) is 0 Å². The first kappa shape index (κ1) is 13.8. The second-order valence-electron chi connectivity index (χ2n) is 5.42. The van der Waals surface area contributed by atoms with E-state index in [0.717, 1.165) is 24.8 Å². The van der Waals surface area contributed by atoms with Gasteiger partial charge in [0, 0.05) is 18.0 Å². The van der Waals surface area contributed by atoms with Crippen molar-refractivity contribution in [2.24, 2.45) is 0 Å². The maximum absolute atomic E-state index is 12.9. The molecule has 0 aliphatic heterocycles. The molecule has 1 fully saturated rings. The summed E-state index contributed by atoms with van der Waals surface area (Å²) in [5.41, 5.74) is 1.12. The van der Waals surface area contributed by atoms with Crippen molar-refractivity contribution in [2.75, 3.05) is 6.54 Å². The highest BCUT2D eigenvalue weighted by Gasteiger charge is 2.44. The number of hydrogen-bond acceptors (Lipinski definition) is 1. The summed E-state index contributed by atoms with van der Waals surface area (Å²) >= 11 is 0. The standard InChI is InChI=1S/C15H21FN2O/c1-3-11(2)18-14(19)17-10-15(8-9-15)12-4-6-13(16)7-5-12/h4-7,11H,3,8-10H2,1-2H3,(H2,17,18,19). The molecule has 0 aromatic heterocycles. The number of hydrogen-bond donors (Lipinski definition) is 2. The Kier molecular flexibility index (Phi) is 4.08. The number of urea groups is 1. The third-order valence-corrected chi connectivity index (χ3v) is 3.89. The number of carbonyl (C=O) groups is 1. The maximum atomic E-state index is 12.9. The topological polar surface area (TPSA) is 41.1 Å². The van der Waals surface area contributed by atoms with Crippen LogP contribution in [0.25, 0.3) is 0 Å². The molecule has 2 amide bonds. The van der Waals surface area contributed by atoms with Crippen molar-refractivity contribution in [3.05, 3.63) is 35.6 Å². The first-order valence-corrected chi connectivity index (χ1v) is 6.86. The monoisotopic (exact) mass is 264 g/mol. The number of carbonyl (C=O) groups excluding carboxylic acids is 1. The van der Waals surface area contributed by atoms with Gasteiger partial charge in [-0.15, -0.1) is 0 Å². The number of benzene rings is 1. The Morgan fingerprint density at radius 2 is 2.00 bits per heavy atom. The predicted octanol–water partition coefficient (Wildman–Crippen LogP) is 2.96. The second kappa shape index (κ2) is 5.59. The lowest BCUT2D eigenvalue weighted by molar-refractivity contribution is 0.236. The molecule has 4 heteroatoms. The van der Waals surface area contributed by atoms with E-state index in [1.165, 1.54) is 12.1 Å². The highest BCUT2D eigenvalue weighted by molar-refractivity contribution is 5.74. The molecule has 2 rings (SSSR count). The third kappa shape index (κ3) is 3.46. The summed E-state index contributed by atoms with van der Waals surface area (Å²) in [7, 11) is 0. The van der Waals surface area contributed by atoms with Gasteiger partial charge in [-0.2, -0.15) is 0 Å². The lowest BCUT2D eigenvalue weighted by Crippen LogP contribution is -2.43. The molecule has 1 aromatic carbocycles. The van der Waals surface area contributed by atoms with Crippen LogP contribution in [0.5, 0.6) is 0 Å². The average molecular weight is 264 g/mol. The Morgan fingerprint density at radius 3 is 2.53 bits per heavy atom. The van der Waals surface area contributed by atoms with Gasteiger partial charge in [-0.05, 0) is 43.9 Å². The molecule has 1 atom stereocenters. The van der Waals surface area contributed by atoms with Gasteiger partial charge in [0.2, 0.25) is 0 Å². The lowest BCUT2D eigenvalue weighted by Gasteiger charge is -2.18. The Balaban J connectivity index is 1.88. The van der Waals surface area contributed by atoms with E-state index in [1.807, 2.05) is 26.0 Å². The summed E-state index contributed by atoms with van der Waals surface area (Å²) in [6, 6.07) is 6.65. The van der Waals surface area contributed by atoms with Crippen molar-refractivity contribution in [2.45, 2.75) is 44.6 Å². The minimum absolute atomic E-state index is 0.0144. The van der Waals surface area contributed by atoms with Crippen molar-refractivity contribution in [1.29, 1.82) is 0 Å². The highest BCUT2D eigenvalue weighted by atomic mass is 19.1. The van der Waals surface area contributed by atoms with Crippen molar-refractivity contribution in [3.63, 3.8) is 0 Å². The molecule has 0 spiro atoms. The predicted molar refractivity (Wildman–Crippen MR) is 73.6 cm³/mol. The summed E-state index contributed by atoms with van der Waals surface area (Å²) in [5, 5.41) is 5.80. The third-order valence-electron chi connectivity index (χ3n) is 3.89. The highest BCUT2D eigenvalue weighted by Crippen LogP contribution is 2.47. The van der Waals surface area contributed by atoms with Gasteiger partial charge in [0.1, 0.15) is 5.82 Å². The zero-order valence-electron chi connectivity index (χ0n) is 11.5. The summed E-state index contributed by atoms with van der Waals surface area (Å²) < 4.78 is 12.9. The smallest absolute Gasteiger partial charge is 0.315 e. The van der Waals surface area contributed by atoms with Crippen molar-refractivity contribution in [1.82, 2.24) is 10.6 Å². The van der Waals surface area contributed by atoms with E-state index in [9.17, 15) is 9.18 Å². The fourth-order valence-electron chi connectivity index (χ4n) is 2.15. The molecular formula is C15H21FN2O. The molecule has 0 radical (unpaired) electrons. The van der Waals surface area contributed by atoms with E-state index in [4.69, 9.17) is 0 Å². The van der Waals surface area contributed by atoms with Crippen LogP contribution in [0.4, 0.5) is 9.18 Å². The van der Waals surface area contributed by atoms with Crippen LogP contribution in [-0.4, -0.2) is 18.6 Å². The minimum atomic E-state index is -0.220. The normalized spacial score (nSPS) is 17.6. The lowest BCUT2D eigenvalue weighted by atomic mass is 9.96. The molecule has 0 saturated heterocycles. The second-order valence-corrected chi connectivity index (χ2v) is 5.42. The fourth-order valence-corrected chi connectivity index (χ4v) is 2.15. The summed E-state index contributed by atoms with van der Waals surface area (Å²) in [6.07, 6.45) is 3.00. The van der Waals surface area contributed by atoms with E-state index in [2.05, 4.69) is 10.6 Å². The van der Waals surface area contributed by atoms with E-state index in [1.54, 1.807) is 0 Å². The number of nitrogens with one attached hydrogen (secondary N) is 2. The van der Waals surface area contributed by atoms with Crippen LogP contribution in [0.3, 0.4) is 0 Å². The summed E-state index contributed by atoms with van der Waals surface area (Å²) in [4.78, 5) is 11.7. The first-order valence-electron chi connectivity index (χ1n) is 6.86. The molecule has 1 aromatic rings. The Hall–Kier alpha value is -1.58. The molecule has 2 N–H and O–H groups in total. The molecule has 0 bridgehead atoms. The number of halogens is 1. The van der Waals surface area contributed by atoms with Gasteiger partial charge >= 0.3 is 6.03 Å². The van der Waals surface area contributed by atoms with E-state index in [0.29, 0.717) is 6.54 Å². The molecule has 1 aliphatic rings. The Morgan fingerprint density at radius 1 is 1.37 bits per heavy atom. The zero-order chi connectivity index (χ0) is 13.9. The van der Waals surface area contributed by atoms with Crippen LogP contribution in [0.1, 0.15) is 38.7 Å². The van der Waals surface area contributed by atoms with Gasteiger partial charge in [0.15, 0.2) is 0 Å². The number of amides is 2. The van der Waals surface area contributed by atoms with Crippen LogP contribution in [0, 0.1) is 5.82 Å². The SMILES string of the molecule is CCC(C)NC(=O)NCC1(c2ccc(F)cc2)CC1. The minimum Gasteiger partial charge on any atom is -0.337 e. The van der Waals surface area contributed by atoms with Crippen LogP contribution >= 0.6 is 0 Å². The van der Waals surface area contributed by atoms with Crippen LogP contribution in [-0.2, 0) is 5.41 Å². The summed E-state index contributed by atoms with van der Waals surface area (Å²) in [6.45, 7) is 4.62. The van der Waals surface area contributed by atoms with Crippen molar-refractivity contribution < 1.29 is 9.18 Å². The quantitative estimate of drug-likeness (QED) is 0.843. The zero-order valence-corrected chi connectivity index (χ0v) is 11.5. The van der Waals surface area contributed by atoms with Gasteiger partial charge in [0.25, 0.3) is 0 Å². The van der Waals surface area contributed by atoms with Crippen molar-refractivity contribution >= 4 is 6.03 Å². The van der Waals surface area contributed by atoms with Crippen LogP contribution in [0.15, 0.2) is 24.3 Å². The molecule has 0 heterocycles. The first-order chi connectivity index (χ1) is 9.05. The molecule has 1 saturated carbocycles. The fraction of sp³-hybridized carbons (Fsp3) is 0.533. The van der Waals surface area contributed by atoms with Gasteiger partial charge < -0.3 is 10.6 Å². The largest absolute Gasteiger partial charge is 0.337 e. The molecule has 1 aliphatic carbocycles. The Bertz CT molecular complexity index is 440. The Labute approximate surface area is 113 Å². The maximum Gasteiger partial charge on any atom is 0.315 e. The van der Waals surface area contributed by atoms with Gasteiger partial charge in [-0.3, -0.25) is 0 Å². The average Bonchev–Trinajstić information content (AvgIpc) is 3.18. The van der Waals surface area contributed by atoms with Gasteiger partial charge in [-0.25, -0.2) is 9.18 Å².